The number of rotatable bonds is 5. The van der Waals surface area contributed by atoms with E-state index in [1.807, 2.05) is 11.3 Å². The average Bonchev–Trinajstić information content (AvgIpc) is 3.51. The average molecular weight is 603 g/mol. The minimum Gasteiger partial charge on any atom is -0.135 e. The lowest BCUT2D eigenvalue weighted by atomic mass is 9.86. The van der Waals surface area contributed by atoms with Crippen LogP contribution in [-0.4, -0.2) is 0 Å². The molecule has 0 amide bonds. The molecule has 8 aromatic carbocycles. The van der Waals surface area contributed by atoms with Crippen LogP contribution in [0.2, 0.25) is 0 Å². The van der Waals surface area contributed by atoms with Gasteiger partial charge in [-0.05, 0) is 78.2 Å². The molecule has 0 aliphatic carbocycles. The van der Waals surface area contributed by atoms with Gasteiger partial charge in [0.05, 0.1) is 0 Å². The van der Waals surface area contributed by atoms with Crippen LogP contribution in [0.5, 0.6) is 0 Å². The van der Waals surface area contributed by atoms with E-state index in [1.165, 1.54) is 85.9 Å². The lowest BCUT2D eigenvalue weighted by Crippen LogP contribution is -1.91. The van der Waals surface area contributed by atoms with Crippen LogP contribution in [-0.2, 0) is 6.42 Å². The summed E-state index contributed by atoms with van der Waals surface area (Å²) in [4.78, 5) is 0. The fourth-order valence-electron chi connectivity index (χ4n) is 7.22. The Hall–Kier alpha value is -5.50. The Morgan fingerprint density at radius 3 is 2.07 bits per heavy atom. The van der Waals surface area contributed by atoms with Crippen LogP contribution in [0.25, 0.3) is 80.8 Å². The highest BCUT2D eigenvalue weighted by Crippen LogP contribution is 2.43. The number of thiophene rings is 1. The second-order valence-corrected chi connectivity index (χ2v) is 13.0. The van der Waals surface area contributed by atoms with Crippen LogP contribution in [0.15, 0.2) is 164 Å². The van der Waals surface area contributed by atoms with Gasteiger partial charge in [0.25, 0.3) is 0 Å². The highest BCUT2D eigenvalue weighted by molar-refractivity contribution is 7.26. The zero-order valence-corrected chi connectivity index (χ0v) is 26.1. The van der Waals surface area contributed by atoms with Gasteiger partial charge in [-0.25, -0.2) is 0 Å². The molecular formula is C45H30S. The zero-order chi connectivity index (χ0) is 30.5. The van der Waals surface area contributed by atoms with Crippen molar-refractivity contribution in [2.45, 2.75) is 6.42 Å². The smallest absolute Gasteiger partial charge is 0.0433 e. The molecule has 1 heterocycles. The van der Waals surface area contributed by atoms with Crippen LogP contribution in [0.1, 0.15) is 11.1 Å². The minimum atomic E-state index is 0.861. The molecule has 0 atom stereocenters. The van der Waals surface area contributed by atoms with Gasteiger partial charge in [-0.3, -0.25) is 0 Å². The van der Waals surface area contributed by atoms with Crippen LogP contribution < -0.4 is 0 Å². The fraction of sp³-hybridized carbons (Fsp3) is 0.0222. The molecule has 0 radical (unpaired) electrons. The van der Waals surface area contributed by atoms with Crippen LogP contribution >= 0.6 is 11.3 Å². The molecular weight excluding hydrogens is 573 g/mol. The summed E-state index contributed by atoms with van der Waals surface area (Å²) in [5.74, 6) is 0. The largest absolute Gasteiger partial charge is 0.135 e. The van der Waals surface area contributed by atoms with Crippen molar-refractivity contribution >= 4 is 69.9 Å². The first-order chi connectivity index (χ1) is 22.8. The Morgan fingerprint density at radius 2 is 1.17 bits per heavy atom. The van der Waals surface area contributed by atoms with E-state index in [4.69, 9.17) is 0 Å². The van der Waals surface area contributed by atoms with E-state index in [2.05, 4.69) is 170 Å². The van der Waals surface area contributed by atoms with Crippen molar-refractivity contribution in [2.24, 2.45) is 0 Å². The second kappa shape index (κ2) is 11.1. The summed E-state index contributed by atoms with van der Waals surface area (Å²) in [5, 5.41) is 10.4. The first-order valence-corrected chi connectivity index (χ1v) is 16.7. The molecule has 46 heavy (non-hydrogen) atoms. The molecule has 216 valence electrons. The van der Waals surface area contributed by atoms with Crippen molar-refractivity contribution in [1.29, 1.82) is 0 Å². The predicted molar refractivity (Wildman–Crippen MR) is 202 cm³/mol. The Kier molecular flexibility index (Phi) is 6.51. The molecule has 0 spiro atoms. The molecule has 9 rings (SSSR count). The van der Waals surface area contributed by atoms with E-state index in [0.717, 1.165) is 6.42 Å². The molecule has 0 aliphatic rings. The van der Waals surface area contributed by atoms with E-state index in [9.17, 15) is 0 Å². The normalized spacial score (nSPS) is 11.9. The first-order valence-electron chi connectivity index (χ1n) is 15.9. The SMILES string of the molecule is C(=C\c1c2ccccc2c(-c2ccccc2)c2c1ccc1ccccc12)/Cc1cccc(-c2cccc3c2sc2ccccc23)c1. The van der Waals surface area contributed by atoms with Gasteiger partial charge >= 0.3 is 0 Å². The lowest BCUT2D eigenvalue weighted by molar-refractivity contribution is 1.28. The molecule has 0 unspecified atom stereocenters. The highest BCUT2D eigenvalue weighted by Gasteiger charge is 2.16. The Bertz CT molecular complexity index is 2600. The van der Waals surface area contributed by atoms with E-state index in [1.54, 1.807) is 0 Å². The van der Waals surface area contributed by atoms with Crippen molar-refractivity contribution in [3.63, 3.8) is 0 Å². The minimum absolute atomic E-state index is 0.861. The summed E-state index contributed by atoms with van der Waals surface area (Å²) in [6.45, 7) is 0. The molecule has 0 nitrogen and oxygen atoms in total. The van der Waals surface area contributed by atoms with Gasteiger partial charge in [-0.1, -0.05) is 164 Å². The standard InChI is InChI=1S/C45H30S/c1-2-16-32(17-3-1)43-39-22-7-6-20-36(39)37(40-28-27-31-15-4-5-19-34(31)44(40)43)24-11-14-30-13-10-18-33(29-30)35-23-12-25-41-38-21-8-9-26-42(38)46-45(35)41/h1-13,15-29H,14H2/b24-11+. The zero-order valence-electron chi connectivity index (χ0n) is 25.3. The molecule has 9 aromatic rings. The monoisotopic (exact) mass is 602 g/mol. The molecule has 0 saturated heterocycles. The van der Waals surface area contributed by atoms with Gasteiger partial charge in [-0.2, -0.15) is 0 Å². The molecule has 0 aliphatic heterocycles. The quantitative estimate of drug-likeness (QED) is 0.136. The Labute approximate surface area is 272 Å². The first kappa shape index (κ1) is 26.9. The summed E-state index contributed by atoms with van der Waals surface area (Å²) in [5.41, 5.74) is 7.74. The maximum atomic E-state index is 2.37. The van der Waals surface area contributed by atoms with E-state index in [-0.39, 0.29) is 0 Å². The summed E-state index contributed by atoms with van der Waals surface area (Å²) in [7, 11) is 0. The summed E-state index contributed by atoms with van der Waals surface area (Å²) in [6, 6.07) is 57.7. The predicted octanol–water partition coefficient (Wildman–Crippen LogP) is 13.1. The van der Waals surface area contributed by atoms with E-state index >= 15 is 0 Å². The van der Waals surface area contributed by atoms with Crippen LogP contribution in [0.3, 0.4) is 0 Å². The van der Waals surface area contributed by atoms with Crippen molar-refractivity contribution in [2.75, 3.05) is 0 Å². The maximum absolute atomic E-state index is 2.37. The number of hydrogen-bond acceptors (Lipinski definition) is 1. The third-order valence-electron chi connectivity index (χ3n) is 9.30. The molecule has 1 aromatic heterocycles. The second-order valence-electron chi connectivity index (χ2n) is 12.0. The molecule has 0 N–H and O–H groups in total. The van der Waals surface area contributed by atoms with E-state index in [0.29, 0.717) is 0 Å². The third-order valence-corrected chi connectivity index (χ3v) is 10.5. The number of hydrogen-bond donors (Lipinski definition) is 0. The fourth-order valence-corrected chi connectivity index (χ4v) is 8.46. The van der Waals surface area contributed by atoms with Gasteiger partial charge in [0.2, 0.25) is 0 Å². The molecule has 0 fully saturated rings. The van der Waals surface area contributed by atoms with Gasteiger partial charge < -0.3 is 0 Å². The van der Waals surface area contributed by atoms with Crippen LogP contribution in [0, 0.1) is 0 Å². The number of benzene rings is 8. The highest BCUT2D eigenvalue weighted by atomic mass is 32.1. The van der Waals surface area contributed by atoms with Gasteiger partial charge in [0, 0.05) is 20.2 Å². The summed E-state index contributed by atoms with van der Waals surface area (Å²) in [6.07, 6.45) is 5.56. The number of allylic oxidation sites excluding steroid dienone is 1. The third kappa shape index (κ3) is 4.43. The van der Waals surface area contributed by atoms with E-state index < -0.39 is 0 Å². The van der Waals surface area contributed by atoms with Gasteiger partial charge in [0.15, 0.2) is 0 Å². The van der Waals surface area contributed by atoms with Crippen molar-refractivity contribution in [3.05, 3.63) is 175 Å². The lowest BCUT2D eigenvalue weighted by Gasteiger charge is -2.17. The molecule has 0 saturated carbocycles. The van der Waals surface area contributed by atoms with Gasteiger partial charge in [0.1, 0.15) is 0 Å². The Balaban J connectivity index is 1.17. The molecule has 1 heteroatoms. The maximum Gasteiger partial charge on any atom is 0.0433 e. The van der Waals surface area contributed by atoms with Crippen LogP contribution in [0.4, 0.5) is 0 Å². The summed E-state index contributed by atoms with van der Waals surface area (Å²) < 4.78 is 2.70. The summed E-state index contributed by atoms with van der Waals surface area (Å²) >= 11 is 1.89. The van der Waals surface area contributed by atoms with Gasteiger partial charge in [-0.15, -0.1) is 11.3 Å². The molecule has 0 bridgehead atoms. The van der Waals surface area contributed by atoms with Crippen molar-refractivity contribution in [3.8, 4) is 22.3 Å². The van der Waals surface area contributed by atoms with Crippen molar-refractivity contribution in [1.82, 2.24) is 0 Å². The Morgan fingerprint density at radius 1 is 0.478 bits per heavy atom. The van der Waals surface area contributed by atoms with Crippen molar-refractivity contribution < 1.29 is 0 Å². The topological polar surface area (TPSA) is 0 Å². The number of fused-ring (bicyclic) bond motifs is 7.